The number of hydrogen-bond donors (Lipinski definition) is 0. The number of rotatable bonds is 5. The summed E-state index contributed by atoms with van der Waals surface area (Å²) in [6.07, 6.45) is -3.35. The number of benzene rings is 2. The molecule has 1 aromatic heterocycles. The number of carbonyl (C=O) groups excluding carboxylic acids is 2. The van der Waals surface area contributed by atoms with Crippen molar-refractivity contribution in [2.75, 3.05) is 19.7 Å². The number of fused-ring (bicyclic) bond motifs is 1. The third-order valence-corrected chi connectivity index (χ3v) is 7.54. The number of amides is 1. The first kappa shape index (κ1) is 27.3. The number of halogens is 5. The fourth-order valence-corrected chi connectivity index (χ4v) is 5.24. The lowest BCUT2D eigenvalue weighted by molar-refractivity contribution is -0.149. The van der Waals surface area contributed by atoms with Gasteiger partial charge in [-0.3, -0.25) is 9.59 Å². The molecule has 0 unspecified atom stereocenters. The zero-order chi connectivity index (χ0) is 27.1. The Morgan fingerprint density at radius 3 is 2.46 bits per heavy atom. The highest BCUT2D eigenvalue weighted by atomic mass is 35.5. The van der Waals surface area contributed by atoms with Gasteiger partial charge in [-0.1, -0.05) is 23.2 Å². The molecule has 1 aliphatic rings. The standard InChI is InChI=1S/C26H26Cl2F3N3O3/c1-4-37-25(36)15-7-9-34(10-8-15)24(35)17-5-6-19(27)18(22(17)28)13-21-32-23-14(2)11-16(26(29,30)31)12-20(23)33(21)3/h5-6,11-12,15H,4,7-10,13H2,1-3H3. The molecule has 0 aliphatic carbocycles. The second-order valence-electron chi connectivity index (χ2n) is 9.13. The summed E-state index contributed by atoms with van der Waals surface area (Å²) in [4.78, 5) is 31.5. The number of ether oxygens (including phenoxy) is 1. The number of carbonyl (C=O) groups is 2. The van der Waals surface area contributed by atoms with Crippen LogP contribution in [0.2, 0.25) is 10.0 Å². The third kappa shape index (κ3) is 5.43. The average Bonchev–Trinajstić information content (AvgIpc) is 3.17. The van der Waals surface area contributed by atoms with Crippen LogP contribution < -0.4 is 0 Å². The van der Waals surface area contributed by atoms with Crippen molar-refractivity contribution in [1.29, 1.82) is 0 Å². The molecular formula is C26H26Cl2F3N3O3. The quantitative estimate of drug-likeness (QED) is 0.351. The van der Waals surface area contributed by atoms with Crippen molar-refractivity contribution in [2.45, 2.75) is 39.3 Å². The summed E-state index contributed by atoms with van der Waals surface area (Å²) in [5.41, 5.74) is 1.18. The first-order valence-corrected chi connectivity index (χ1v) is 12.6. The van der Waals surface area contributed by atoms with E-state index in [1.807, 2.05) is 0 Å². The van der Waals surface area contributed by atoms with E-state index in [1.165, 1.54) is 0 Å². The van der Waals surface area contributed by atoms with Gasteiger partial charge in [-0.25, -0.2) is 4.98 Å². The number of likely N-dealkylation sites (tertiary alicyclic amines) is 1. The summed E-state index contributed by atoms with van der Waals surface area (Å²) in [7, 11) is 1.63. The molecule has 198 valence electrons. The summed E-state index contributed by atoms with van der Waals surface area (Å²) in [6.45, 7) is 4.43. The molecule has 6 nitrogen and oxygen atoms in total. The van der Waals surface area contributed by atoms with Crippen molar-refractivity contribution < 1.29 is 27.5 Å². The van der Waals surface area contributed by atoms with Gasteiger partial charge in [0.1, 0.15) is 5.82 Å². The molecule has 0 saturated carbocycles. The second-order valence-corrected chi connectivity index (χ2v) is 9.91. The Balaban J connectivity index is 1.60. The highest BCUT2D eigenvalue weighted by Gasteiger charge is 2.32. The number of esters is 1. The van der Waals surface area contributed by atoms with E-state index >= 15 is 0 Å². The number of piperidine rings is 1. The predicted molar refractivity (Wildman–Crippen MR) is 135 cm³/mol. The van der Waals surface area contributed by atoms with Crippen LogP contribution in [-0.2, 0) is 29.2 Å². The lowest BCUT2D eigenvalue weighted by Crippen LogP contribution is -2.40. The molecule has 3 aromatic rings. The van der Waals surface area contributed by atoms with Crippen LogP contribution in [0.5, 0.6) is 0 Å². The number of alkyl halides is 3. The van der Waals surface area contributed by atoms with Crippen molar-refractivity contribution in [3.8, 4) is 0 Å². The summed E-state index contributed by atoms with van der Waals surface area (Å²) in [6, 6.07) is 5.28. The molecule has 1 fully saturated rings. The van der Waals surface area contributed by atoms with Crippen LogP contribution >= 0.6 is 23.2 Å². The van der Waals surface area contributed by atoms with Gasteiger partial charge in [0, 0.05) is 31.6 Å². The monoisotopic (exact) mass is 555 g/mol. The number of hydrogen-bond acceptors (Lipinski definition) is 4. The molecule has 4 rings (SSSR count). The van der Waals surface area contributed by atoms with Crippen LogP contribution in [0.25, 0.3) is 11.0 Å². The average molecular weight is 556 g/mol. The van der Waals surface area contributed by atoms with Crippen molar-refractivity contribution >= 4 is 46.1 Å². The molecule has 0 bridgehead atoms. The van der Waals surface area contributed by atoms with Crippen molar-refractivity contribution in [3.05, 3.63) is 62.4 Å². The van der Waals surface area contributed by atoms with Gasteiger partial charge in [-0.2, -0.15) is 13.2 Å². The van der Waals surface area contributed by atoms with Crippen LogP contribution in [0.15, 0.2) is 24.3 Å². The van der Waals surface area contributed by atoms with Crippen molar-refractivity contribution in [2.24, 2.45) is 13.0 Å². The van der Waals surface area contributed by atoms with E-state index in [9.17, 15) is 22.8 Å². The molecule has 1 aliphatic heterocycles. The minimum Gasteiger partial charge on any atom is -0.466 e. The van der Waals surface area contributed by atoms with Gasteiger partial charge < -0.3 is 14.2 Å². The van der Waals surface area contributed by atoms with Crippen molar-refractivity contribution in [1.82, 2.24) is 14.5 Å². The number of aromatic nitrogens is 2. The molecule has 1 saturated heterocycles. The van der Waals surface area contributed by atoms with E-state index < -0.39 is 11.7 Å². The van der Waals surface area contributed by atoms with E-state index in [1.54, 1.807) is 42.5 Å². The second kappa shape index (κ2) is 10.5. The maximum Gasteiger partial charge on any atom is 0.416 e. The fraction of sp³-hybridized carbons (Fsp3) is 0.423. The third-order valence-electron chi connectivity index (χ3n) is 6.75. The first-order valence-electron chi connectivity index (χ1n) is 11.9. The zero-order valence-corrected chi connectivity index (χ0v) is 22.1. The molecule has 2 heterocycles. The number of aryl methyl sites for hydroxylation is 2. The molecular weight excluding hydrogens is 530 g/mol. The maximum absolute atomic E-state index is 13.3. The summed E-state index contributed by atoms with van der Waals surface area (Å²) in [5.74, 6) is -0.303. The Morgan fingerprint density at radius 1 is 1.16 bits per heavy atom. The highest BCUT2D eigenvalue weighted by molar-refractivity contribution is 6.38. The van der Waals surface area contributed by atoms with Crippen molar-refractivity contribution in [3.63, 3.8) is 0 Å². The Labute approximate surface area is 222 Å². The van der Waals surface area contributed by atoms with E-state index in [4.69, 9.17) is 27.9 Å². The predicted octanol–water partition coefficient (Wildman–Crippen LogP) is 6.21. The molecule has 11 heteroatoms. The van der Waals surface area contributed by atoms with Gasteiger partial charge in [0.25, 0.3) is 5.91 Å². The normalized spacial score (nSPS) is 14.9. The Bertz CT molecular complexity index is 1360. The topological polar surface area (TPSA) is 64.4 Å². The fourth-order valence-electron chi connectivity index (χ4n) is 4.66. The van der Waals surface area contributed by atoms with Crippen LogP contribution in [0, 0.1) is 12.8 Å². The van der Waals surface area contributed by atoms with Gasteiger partial charge in [0.2, 0.25) is 0 Å². The van der Waals surface area contributed by atoms with E-state index in [0.29, 0.717) is 65.5 Å². The Kier molecular flexibility index (Phi) is 7.76. The van der Waals surface area contributed by atoms with Gasteiger partial charge >= 0.3 is 12.1 Å². The van der Waals surface area contributed by atoms with Gasteiger partial charge in [0.05, 0.1) is 39.7 Å². The molecule has 37 heavy (non-hydrogen) atoms. The molecule has 2 aromatic carbocycles. The smallest absolute Gasteiger partial charge is 0.416 e. The van der Waals surface area contributed by atoms with Gasteiger partial charge in [-0.15, -0.1) is 0 Å². The SMILES string of the molecule is CCOC(=O)C1CCN(C(=O)c2ccc(Cl)c(Cc3nc4c(C)cc(C(F)(F)F)cc4n3C)c2Cl)CC1. The Hall–Kier alpha value is -2.78. The van der Waals surface area contributed by atoms with Crippen LogP contribution in [0.1, 0.15) is 52.6 Å². The highest BCUT2D eigenvalue weighted by Crippen LogP contribution is 2.35. The van der Waals surface area contributed by atoms with E-state index in [2.05, 4.69) is 4.98 Å². The first-order chi connectivity index (χ1) is 17.4. The molecule has 1 amide bonds. The lowest BCUT2D eigenvalue weighted by atomic mass is 9.96. The van der Waals surface area contributed by atoms with E-state index in [0.717, 1.165) is 12.1 Å². The van der Waals surface area contributed by atoms with Crippen LogP contribution in [0.3, 0.4) is 0 Å². The summed E-state index contributed by atoms with van der Waals surface area (Å²) in [5, 5.41) is 0.493. The minimum atomic E-state index is -4.48. The summed E-state index contributed by atoms with van der Waals surface area (Å²) < 4.78 is 46.7. The number of nitrogens with zero attached hydrogens (tertiary/aromatic N) is 3. The molecule has 0 N–H and O–H groups in total. The zero-order valence-electron chi connectivity index (χ0n) is 20.6. The molecule has 0 radical (unpaired) electrons. The lowest BCUT2D eigenvalue weighted by Gasteiger charge is -2.31. The Morgan fingerprint density at radius 2 is 1.84 bits per heavy atom. The minimum absolute atomic E-state index is 0.121. The van der Waals surface area contributed by atoms with Gasteiger partial charge in [-0.05, 0) is 62.1 Å². The van der Waals surface area contributed by atoms with E-state index in [-0.39, 0.29) is 34.8 Å². The van der Waals surface area contributed by atoms with Gasteiger partial charge in [0.15, 0.2) is 0 Å². The largest absolute Gasteiger partial charge is 0.466 e. The number of imidazole rings is 1. The van der Waals surface area contributed by atoms with Crippen LogP contribution in [0.4, 0.5) is 13.2 Å². The van der Waals surface area contributed by atoms with Crippen LogP contribution in [-0.4, -0.2) is 46.0 Å². The molecule has 0 atom stereocenters. The summed E-state index contributed by atoms with van der Waals surface area (Å²) >= 11 is 13.1. The molecule has 0 spiro atoms. The maximum atomic E-state index is 13.3.